The summed E-state index contributed by atoms with van der Waals surface area (Å²) in [5.74, 6) is -0.0995. The number of esters is 1. The minimum Gasteiger partial charge on any atom is -0.457 e. The van der Waals surface area contributed by atoms with Gasteiger partial charge in [-0.2, -0.15) is 0 Å². The minimum absolute atomic E-state index is 0.0380. The Hall–Kier alpha value is -2.56. The van der Waals surface area contributed by atoms with Crippen LogP contribution in [0.1, 0.15) is 34.8 Å². The maximum Gasteiger partial charge on any atom is 0.379 e. The number of amides is 1. The zero-order chi connectivity index (χ0) is 15.2. The van der Waals surface area contributed by atoms with Gasteiger partial charge in [-0.25, -0.2) is 4.79 Å². The minimum atomic E-state index is -0.567. The van der Waals surface area contributed by atoms with E-state index in [9.17, 15) is 9.59 Å². The number of rotatable bonds is 5. The van der Waals surface area contributed by atoms with Crippen LogP contribution >= 0.6 is 0 Å². The molecule has 0 spiro atoms. The van der Waals surface area contributed by atoms with Gasteiger partial charge in [0.25, 0.3) is 5.91 Å². The number of hydrogen-bond donors (Lipinski definition) is 0. The molecule has 110 valence electrons. The van der Waals surface area contributed by atoms with Crippen molar-refractivity contribution < 1.29 is 18.7 Å². The van der Waals surface area contributed by atoms with Crippen molar-refractivity contribution in [3.63, 3.8) is 0 Å². The molecule has 5 nitrogen and oxygen atoms in total. The highest BCUT2D eigenvalue weighted by Crippen LogP contribution is 2.15. The maximum atomic E-state index is 12.1. The first-order valence-electron chi connectivity index (χ1n) is 6.80. The molecule has 1 aromatic carbocycles. The molecule has 0 aliphatic heterocycles. The smallest absolute Gasteiger partial charge is 0.379 e. The fourth-order valence-electron chi connectivity index (χ4n) is 1.91. The predicted octanol–water partition coefficient (Wildman–Crippen LogP) is 2.98. The van der Waals surface area contributed by atoms with Crippen LogP contribution in [0.2, 0.25) is 0 Å². The van der Waals surface area contributed by atoms with Crippen molar-refractivity contribution in [2.24, 2.45) is 0 Å². The molecule has 21 heavy (non-hydrogen) atoms. The largest absolute Gasteiger partial charge is 0.457 e. The van der Waals surface area contributed by atoms with Crippen molar-refractivity contribution in [3.8, 4) is 5.75 Å². The number of ether oxygens (including phenoxy) is 1. The first kappa shape index (κ1) is 14.8. The topological polar surface area (TPSA) is 59.8 Å². The highest BCUT2D eigenvalue weighted by Gasteiger charge is 2.14. The number of benzene rings is 1. The monoisotopic (exact) mass is 287 g/mol. The first-order chi connectivity index (χ1) is 10.2. The molecule has 0 radical (unpaired) electrons. The fraction of sp³-hybridized carbons (Fsp3) is 0.250. The molecule has 1 aromatic heterocycles. The third kappa shape index (κ3) is 3.51. The Kier molecular flexibility index (Phi) is 4.77. The highest BCUT2D eigenvalue weighted by atomic mass is 16.5. The molecule has 0 atom stereocenters. The van der Waals surface area contributed by atoms with Gasteiger partial charge in [-0.3, -0.25) is 4.79 Å². The molecule has 0 bridgehead atoms. The van der Waals surface area contributed by atoms with Crippen LogP contribution < -0.4 is 4.74 Å². The van der Waals surface area contributed by atoms with Gasteiger partial charge < -0.3 is 14.1 Å². The Morgan fingerprint density at radius 1 is 1.10 bits per heavy atom. The first-order valence-corrected chi connectivity index (χ1v) is 6.80. The summed E-state index contributed by atoms with van der Waals surface area (Å²) in [5, 5.41) is 0. The molecular weight excluding hydrogens is 270 g/mol. The summed E-state index contributed by atoms with van der Waals surface area (Å²) in [5.41, 5.74) is 0.566. The molecule has 5 heteroatoms. The van der Waals surface area contributed by atoms with Crippen LogP contribution in [-0.4, -0.2) is 29.9 Å². The number of nitrogens with zero attached hydrogens (tertiary/aromatic N) is 1. The standard InChI is InChI=1S/C16H17NO4/c1-3-17(4-2)15(18)12-7-9-13(10-8-12)21-16(19)14-6-5-11-20-14/h5-11H,3-4H2,1-2H3. The quantitative estimate of drug-likeness (QED) is 0.626. The molecular formula is C16H17NO4. The molecule has 0 unspecified atom stereocenters. The zero-order valence-corrected chi connectivity index (χ0v) is 12.0. The van der Waals surface area contributed by atoms with Crippen molar-refractivity contribution in [2.45, 2.75) is 13.8 Å². The van der Waals surface area contributed by atoms with E-state index < -0.39 is 5.97 Å². The van der Waals surface area contributed by atoms with E-state index in [1.54, 1.807) is 35.2 Å². The lowest BCUT2D eigenvalue weighted by molar-refractivity contribution is 0.0701. The van der Waals surface area contributed by atoms with Gasteiger partial charge >= 0.3 is 5.97 Å². The fourth-order valence-corrected chi connectivity index (χ4v) is 1.91. The molecule has 2 aromatic rings. The van der Waals surface area contributed by atoms with Gasteiger partial charge in [-0.15, -0.1) is 0 Å². The van der Waals surface area contributed by atoms with Gasteiger partial charge in [0.2, 0.25) is 5.76 Å². The number of hydrogen-bond acceptors (Lipinski definition) is 4. The Morgan fingerprint density at radius 3 is 2.29 bits per heavy atom. The van der Waals surface area contributed by atoms with E-state index in [0.717, 1.165) is 0 Å². The van der Waals surface area contributed by atoms with E-state index in [4.69, 9.17) is 9.15 Å². The second-order valence-corrected chi connectivity index (χ2v) is 4.37. The van der Waals surface area contributed by atoms with E-state index in [-0.39, 0.29) is 11.7 Å². The van der Waals surface area contributed by atoms with Crippen LogP contribution in [0.25, 0.3) is 0 Å². The normalized spacial score (nSPS) is 10.2. The Morgan fingerprint density at radius 2 is 1.76 bits per heavy atom. The van der Waals surface area contributed by atoms with Gasteiger partial charge in [0, 0.05) is 18.7 Å². The van der Waals surface area contributed by atoms with Gasteiger partial charge in [-0.1, -0.05) is 0 Å². The lowest BCUT2D eigenvalue weighted by Crippen LogP contribution is -2.30. The van der Waals surface area contributed by atoms with Crippen molar-refractivity contribution in [1.82, 2.24) is 4.90 Å². The average Bonchev–Trinajstić information content (AvgIpc) is 3.03. The van der Waals surface area contributed by atoms with Crippen LogP contribution in [0.15, 0.2) is 47.1 Å². The third-order valence-electron chi connectivity index (χ3n) is 3.08. The van der Waals surface area contributed by atoms with E-state index in [0.29, 0.717) is 24.4 Å². The summed E-state index contributed by atoms with van der Waals surface area (Å²) in [6.45, 7) is 5.18. The summed E-state index contributed by atoms with van der Waals surface area (Å²) >= 11 is 0. The van der Waals surface area contributed by atoms with E-state index in [1.165, 1.54) is 12.3 Å². The number of furan rings is 1. The molecule has 0 aliphatic carbocycles. The summed E-state index contributed by atoms with van der Waals surface area (Å²) in [7, 11) is 0. The number of carbonyl (C=O) groups is 2. The Labute approximate surface area is 123 Å². The second kappa shape index (κ2) is 6.74. The van der Waals surface area contributed by atoms with E-state index in [1.807, 2.05) is 13.8 Å². The molecule has 0 saturated carbocycles. The SMILES string of the molecule is CCN(CC)C(=O)c1ccc(OC(=O)c2ccco2)cc1. The van der Waals surface area contributed by atoms with Crippen molar-refractivity contribution in [2.75, 3.05) is 13.1 Å². The summed E-state index contributed by atoms with van der Waals surface area (Å²) in [6.07, 6.45) is 1.41. The van der Waals surface area contributed by atoms with Gasteiger partial charge in [0.05, 0.1) is 6.26 Å². The summed E-state index contributed by atoms with van der Waals surface area (Å²) < 4.78 is 10.1. The van der Waals surface area contributed by atoms with Gasteiger partial charge in [0.1, 0.15) is 5.75 Å². The molecule has 0 saturated heterocycles. The average molecular weight is 287 g/mol. The highest BCUT2D eigenvalue weighted by molar-refractivity contribution is 5.94. The van der Waals surface area contributed by atoms with Crippen LogP contribution in [0.4, 0.5) is 0 Å². The Bertz CT molecular complexity index is 598. The summed E-state index contributed by atoms with van der Waals surface area (Å²) in [4.78, 5) is 25.6. The zero-order valence-electron chi connectivity index (χ0n) is 12.0. The van der Waals surface area contributed by atoms with Crippen molar-refractivity contribution in [1.29, 1.82) is 0 Å². The Balaban J connectivity index is 2.05. The predicted molar refractivity (Wildman–Crippen MR) is 77.4 cm³/mol. The third-order valence-corrected chi connectivity index (χ3v) is 3.08. The maximum absolute atomic E-state index is 12.1. The van der Waals surface area contributed by atoms with Crippen LogP contribution in [0.3, 0.4) is 0 Å². The second-order valence-electron chi connectivity index (χ2n) is 4.37. The summed E-state index contributed by atoms with van der Waals surface area (Å²) in [6, 6.07) is 9.62. The lowest BCUT2D eigenvalue weighted by Gasteiger charge is -2.18. The number of carbonyl (C=O) groups excluding carboxylic acids is 2. The van der Waals surface area contributed by atoms with Crippen molar-refractivity contribution >= 4 is 11.9 Å². The van der Waals surface area contributed by atoms with Crippen LogP contribution in [0, 0.1) is 0 Å². The van der Waals surface area contributed by atoms with E-state index in [2.05, 4.69) is 0 Å². The van der Waals surface area contributed by atoms with Crippen LogP contribution in [0.5, 0.6) is 5.75 Å². The van der Waals surface area contributed by atoms with Gasteiger partial charge in [0.15, 0.2) is 0 Å². The molecule has 0 N–H and O–H groups in total. The lowest BCUT2D eigenvalue weighted by atomic mass is 10.2. The molecule has 1 heterocycles. The molecule has 0 aliphatic rings. The van der Waals surface area contributed by atoms with Gasteiger partial charge in [-0.05, 0) is 50.2 Å². The van der Waals surface area contributed by atoms with Crippen molar-refractivity contribution in [3.05, 3.63) is 54.0 Å². The van der Waals surface area contributed by atoms with Crippen LogP contribution in [-0.2, 0) is 0 Å². The molecule has 1 amide bonds. The molecule has 0 fully saturated rings. The molecule has 2 rings (SSSR count). The van der Waals surface area contributed by atoms with E-state index >= 15 is 0 Å².